The van der Waals surface area contributed by atoms with Gasteiger partial charge in [-0.1, -0.05) is 0 Å². The van der Waals surface area contributed by atoms with Crippen LogP contribution in [0.4, 0.5) is 5.82 Å². The van der Waals surface area contributed by atoms with Crippen LogP contribution in [0.5, 0.6) is 5.75 Å². The van der Waals surface area contributed by atoms with E-state index in [9.17, 15) is 0 Å². The maximum atomic E-state index is 5.93. The molecule has 25 heavy (non-hydrogen) atoms. The van der Waals surface area contributed by atoms with E-state index in [1.54, 1.807) is 18.6 Å². The molecule has 4 rings (SSSR count). The first-order valence-corrected chi connectivity index (χ1v) is 8.26. The van der Waals surface area contributed by atoms with E-state index in [1.807, 2.05) is 31.2 Å². The Morgan fingerprint density at radius 2 is 1.96 bits per heavy atom. The lowest BCUT2D eigenvalue weighted by atomic mass is 9.82. The highest BCUT2D eigenvalue weighted by Gasteiger charge is 2.45. The zero-order valence-corrected chi connectivity index (χ0v) is 14.2. The molecule has 7 heteroatoms. The summed E-state index contributed by atoms with van der Waals surface area (Å²) in [6.45, 7) is 6.27. The van der Waals surface area contributed by atoms with Gasteiger partial charge in [-0.15, -0.1) is 10.2 Å². The van der Waals surface area contributed by atoms with E-state index < -0.39 is 0 Å². The minimum Gasteiger partial charge on any atom is -0.494 e. The molecule has 0 N–H and O–H groups in total. The lowest BCUT2D eigenvalue weighted by Gasteiger charge is -2.46. The normalized spacial score (nSPS) is 15.7. The number of anilines is 1. The van der Waals surface area contributed by atoms with Gasteiger partial charge in [0.25, 0.3) is 0 Å². The molecule has 7 nitrogen and oxygen atoms in total. The van der Waals surface area contributed by atoms with E-state index in [0.717, 1.165) is 30.2 Å². The monoisotopic (exact) mass is 337 g/mol. The van der Waals surface area contributed by atoms with Crippen LogP contribution in [0.15, 0.2) is 47.3 Å². The fraction of sp³-hybridized carbons (Fsp3) is 0.333. The summed E-state index contributed by atoms with van der Waals surface area (Å²) in [4.78, 5) is 10.6. The zero-order valence-electron chi connectivity index (χ0n) is 14.2. The van der Waals surface area contributed by atoms with Crippen molar-refractivity contribution in [2.24, 2.45) is 0 Å². The third kappa shape index (κ3) is 2.93. The van der Waals surface area contributed by atoms with E-state index in [-0.39, 0.29) is 5.41 Å². The van der Waals surface area contributed by atoms with Gasteiger partial charge in [0.05, 0.1) is 18.2 Å². The van der Waals surface area contributed by atoms with Crippen molar-refractivity contribution >= 4 is 5.82 Å². The Morgan fingerprint density at radius 3 is 2.64 bits per heavy atom. The van der Waals surface area contributed by atoms with Crippen molar-refractivity contribution in [1.29, 1.82) is 0 Å². The number of nitrogens with zero attached hydrogens (tertiary/aromatic N) is 5. The molecule has 128 valence electrons. The molecule has 0 radical (unpaired) electrons. The number of aromatic nitrogens is 4. The van der Waals surface area contributed by atoms with Crippen LogP contribution < -0.4 is 9.64 Å². The molecule has 2 aromatic heterocycles. The quantitative estimate of drug-likeness (QED) is 0.708. The largest absolute Gasteiger partial charge is 0.494 e. The topological polar surface area (TPSA) is 77.2 Å². The van der Waals surface area contributed by atoms with Crippen LogP contribution in [0.25, 0.3) is 11.5 Å². The molecule has 1 saturated heterocycles. The van der Waals surface area contributed by atoms with Crippen molar-refractivity contribution in [1.82, 2.24) is 20.2 Å². The third-order valence-corrected chi connectivity index (χ3v) is 4.31. The predicted molar refractivity (Wildman–Crippen MR) is 92.5 cm³/mol. The van der Waals surface area contributed by atoms with Crippen LogP contribution in [0.3, 0.4) is 0 Å². The van der Waals surface area contributed by atoms with E-state index in [1.165, 1.54) is 0 Å². The molecule has 1 aromatic carbocycles. The highest BCUT2D eigenvalue weighted by atomic mass is 16.5. The number of hydrogen-bond acceptors (Lipinski definition) is 7. The summed E-state index contributed by atoms with van der Waals surface area (Å²) in [5, 5.41) is 8.47. The number of benzene rings is 1. The Bertz CT molecular complexity index is 841. The summed E-state index contributed by atoms with van der Waals surface area (Å²) in [6, 6.07) is 7.67. The number of rotatable bonds is 5. The number of ether oxygens (including phenoxy) is 1. The molecule has 1 aliphatic rings. The molecule has 0 unspecified atom stereocenters. The lowest BCUT2D eigenvalue weighted by molar-refractivity contribution is 0.283. The van der Waals surface area contributed by atoms with Crippen LogP contribution in [0.1, 0.15) is 19.7 Å². The van der Waals surface area contributed by atoms with E-state index in [0.29, 0.717) is 18.4 Å². The predicted octanol–water partition coefficient (Wildman–Crippen LogP) is 2.70. The molecular weight excluding hydrogens is 318 g/mol. The Balaban J connectivity index is 1.48. The van der Waals surface area contributed by atoms with Crippen molar-refractivity contribution in [2.45, 2.75) is 19.3 Å². The first-order chi connectivity index (χ1) is 12.2. The average molecular weight is 337 g/mol. The molecular formula is C18H19N5O2. The maximum Gasteiger partial charge on any atom is 0.247 e. The highest BCUT2D eigenvalue weighted by molar-refractivity contribution is 5.54. The van der Waals surface area contributed by atoms with Gasteiger partial charge in [0.2, 0.25) is 11.8 Å². The molecule has 1 aliphatic heterocycles. The molecule has 1 fully saturated rings. The summed E-state index contributed by atoms with van der Waals surface area (Å²) in [6.07, 6.45) is 5.13. The van der Waals surface area contributed by atoms with Crippen molar-refractivity contribution in [3.63, 3.8) is 0 Å². The summed E-state index contributed by atoms with van der Waals surface area (Å²) in [5.74, 6) is 2.87. The Labute approximate surface area is 145 Å². The molecule has 0 spiro atoms. The van der Waals surface area contributed by atoms with Gasteiger partial charge < -0.3 is 14.1 Å². The van der Waals surface area contributed by atoms with Crippen molar-refractivity contribution < 1.29 is 9.15 Å². The summed E-state index contributed by atoms with van der Waals surface area (Å²) >= 11 is 0. The lowest BCUT2D eigenvalue weighted by Crippen LogP contribution is -2.58. The van der Waals surface area contributed by atoms with Gasteiger partial charge in [-0.3, -0.25) is 4.98 Å². The third-order valence-electron chi connectivity index (χ3n) is 4.31. The van der Waals surface area contributed by atoms with Crippen LogP contribution in [0, 0.1) is 0 Å². The van der Waals surface area contributed by atoms with E-state index in [2.05, 4.69) is 32.0 Å². The van der Waals surface area contributed by atoms with Gasteiger partial charge in [0, 0.05) is 31.0 Å². The van der Waals surface area contributed by atoms with E-state index >= 15 is 0 Å². The Hall–Kier alpha value is -2.96. The summed E-state index contributed by atoms with van der Waals surface area (Å²) < 4.78 is 11.4. The zero-order chi connectivity index (χ0) is 17.3. The molecule has 0 saturated carbocycles. The first-order valence-electron chi connectivity index (χ1n) is 8.26. The molecule has 0 amide bonds. The van der Waals surface area contributed by atoms with Gasteiger partial charge in [0.15, 0.2) is 0 Å². The standard InChI is InChI=1S/C18H19N5O2/c1-3-24-14-6-4-13(5-7-14)16-21-22-17(25-16)18(2)11-23(12-18)15-10-19-8-9-20-15/h4-10H,3,11-12H2,1-2H3. The molecule has 0 bridgehead atoms. The minimum absolute atomic E-state index is 0.173. The molecule has 0 atom stereocenters. The van der Waals surface area contributed by atoms with Gasteiger partial charge in [-0.25, -0.2) is 4.98 Å². The number of hydrogen-bond donors (Lipinski definition) is 0. The van der Waals surface area contributed by atoms with E-state index in [4.69, 9.17) is 9.15 Å². The first kappa shape index (κ1) is 15.6. The second kappa shape index (κ2) is 6.16. The Kier molecular flexibility index (Phi) is 3.83. The fourth-order valence-electron chi connectivity index (χ4n) is 2.99. The summed E-state index contributed by atoms with van der Waals surface area (Å²) in [7, 11) is 0. The molecule has 3 heterocycles. The van der Waals surface area contributed by atoms with Crippen molar-refractivity contribution in [3.05, 3.63) is 48.7 Å². The van der Waals surface area contributed by atoms with Gasteiger partial charge in [0.1, 0.15) is 11.6 Å². The van der Waals surface area contributed by atoms with Gasteiger partial charge in [-0.05, 0) is 38.1 Å². The van der Waals surface area contributed by atoms with Crippen LogP contribution in [-0.2, 0) is 5.41 Å². The minimum atomic E-state index is -0.173. The maximum absolute atomic E-state index is 5.93. The van der Waals surface area contributed by atoms with Gasteiger partial charge in [-0.2, -0.15) is 0 Å². The summed E-state index contributed by atoms with van der Waals surface area (Å²) in [5.41, 5.74) is 0.713. The van der Waals surface area contributed by atoms with Crippen molar-refractivity contribution in [2.75, 3.05) is 24.6 Å². The van der Waals surface area contributed by atoms with Crippen LogP contribution in [0.2, 0.25) is 0 Å². The average Bonchev–Trinajstić information content (AvgIpc) is 3.11. The molecule has 3 aromatic rings. The highest BCUT2D eigenvalue weighted by Crippen LogP contribution is 2.36. The van der Waals surface area contributed by atoms with Gasteiger partial charge >= 0.3 is 0 Å². The second-order valence-electron chi connectivity index (χ2n) is 6.35. The second-order valence-corrected chi connectivity index (χ2v) is 6.35. The van der Waals surface area contributed by atoms with Crippen molar-refractivity contribution in [3.8, 4) is 17.2 Å². The fourth-order valence-corrected chi connectivity index (χ4v) is 2.99. The smallest absolute Gasteiger partial charge is 0.247 e. The Morgan fingerprint density at radius 1 is 1.16 bits per heavy atom. The SMILES string of the molecule is CCOc1ccc(-c2nnc(C3(C)CN(c4cnccn4)C3)o2)cc1. The van der Waals surface area contributed by atoms with Crippen LogP contribution >= 0.6 is 0 Å². The molecule has 0 aliphatic carbocycles. The van der Waals surface area contributed by atoms with Crippen LogP contribution in [-0.4, -0.2) is 39.9 Å².